The molecule has 3 rings (SSSR count). The second-order valence-electron chi connectivity index (χ2n) is 5.31. The second kappa shape index (κ2) is 5.69. The van der Waals surface area contributed by atoms with Crippen LogP contribution in [0.5, 0.6) is 0 Å². The van der Waals surface area contributed by atoms with Gasteiger partial charge in [-0.05, 0) is 42.4 Å². The molecule has 1 aromatic carbocycles. The van der Waals surface area contributed by atoms with E-state index in [1.807, 2.05) is 0 Å². The van der Waals surface area contributed by atoms with Crippen molar-refractivity contribution >= 4 is 0 Å². The summed E-state index contributed by atoms with van der Waals surface area (Å²) in [6.07, 6.45) is 5.81. The highest BCUT2D eigenvalue weighted by Crippen LogP contribution is 2.34. The van der Waals surface area contributed by atoms with E-state index in [-0.39, 0.29) is 11.9 Å². The number of hydrazine groups is 1. The van der Waals surface area contributed by atoms with Crippen LogP contribution in [-0.4, -0.2) is 4.98 Å². The summed E-state index contributed by atoms with van der Waals surface area (Å²) in [4.78, 5) is 3.80. The molecule has 1 aliphatic carbocycles. The SMILES string of the molecule is NNC(c1ccncc1F)C1CCc2ccccc2C1. The molecule has 2 aromatic rings. The average molecular weight is 271 g/mol. The molecule has 3 nitrogen and oxygen atoms in total. The average Bonchev–Trinajstić information content (AvgIpc) is 2.50. The Bertz CT molecular complexity index is 600. The minimum Gasteiger partial charge on any atom is -0.271 e. The van der Waals surface area contributed by atoms with Crippen LogP contribution in [0.2, 0.25) is 0 Å². The van der Waals surface area contributed by atoms with Gasteiger partial charge < -0.3 is 0 Å². The van der Waals surface area contributed by atoms with E-state index in [2.05, 4.69) is 34.7 Å². The number of nitrogens with zero attached hydrogens (tertiary/aromatic N) is 1. The van der Waals surface area contributed by atoms with Gasteiger partial charge in [0.25, 0.3) is 0 Å². The molecular weight excluding hydrogens is 253 g/mol. The smallest absolute Gasteiger partial charge is 0.146 e. The number of fused-ring (bicyclic) bond motifs is 1. The van der Waals surface area contributed by atoms with E-state index in [1.54, 1.807) is 12.3 Å². The summed E-state index contributed by atoms with van der Waals surface area (Å²) >= 11 is 0. The quantitative estimate of drug-likeness (QED) is 0.666. The summed E-state index contributed by atoms with van der Waals surface area (Å²) in [5, 5.41) is 0. The first-order valence-electron chi connectivity index (χ1n) is 6.92. The lowest BCUT2D eigenvalue weighted by Gasteiger charge is -2.31. The summed E-state index contributed by atoms with van der Waals surface area (Å²) in [5.41, 5.74) is 6.14. The Hall–Kier alpha value is -1.78. The van der Waals surface area contributed by atoms with Gasteiger partial charge in [-0.3, -0.25) is 16.3 Å². The molecule has 0 bridgehead atoms. The number of pyridine rings is 1. The van der Waals surface area contributed by atoms with E-state index in [0.717, 1.165) is 19.3 Å². The van der Waals surface area contributed by atoms with Crippen LogP contribution >= 0.6 is 0 Å². The molecule has 0 radical (unpaired) electrons. The number of aromatic nitrogens is 1. The van der Waals surface area contributed by atoms with E-state index < -0.39 is 0 Å². The van der Waals surface area contributed by atoms with Crippen LogP contribution in [0.15, 0.2) is 42.7 Å². The maximum Gasteiger partial charge on any atom is 0.146 e. The molecule has 0 saturated heterocycles. The molecule has 20 heavy (non-hydrogen) atoms. The number of aryl methyl sites for hydroxylation is 1. The van der Waals surface area contributed by atoms with Crippen molar-refractivity contribution in [2.24, 2.45) is 11.8 Å². The van der Waals surface area contributed by atoms with Crippen molar-refractivity contribution in [2.75, 3.05) is 0 Å². The fraction of sp³-hybridized carbons (Fsp3) is 0.312. The summed E-state index contributed by atoms with van der Waals surface area (Å²) in [7, 11) is 0. The number of halogens is 1. The summed E-state index contributed by atoms with van der Waals surface area (Å²) in [5.74, 6) is 5.69. The molecule has 0 amide bonds. The Labute approximate surface area is 118 Å². The lowest BCUT2D eigenvalue weighted by atomic mass is 9.78. The highest BCUT2D eigenvalue weighted by Gasteiger charge is 2.28. The van der Waals surface area contributed by atoms with Gasteiger partial charge in [-0.2, -0.15) is 0 Å². The van der Waals surface area contributed by atoms with E-state index in [4.69, 9.17) is 5.84 Å². The number of nitrogens with two attached hydrogens (primary N) is 1. The van der Waals surface area contributed by atoms with Crippen LogP contribution in [0.1, 0.15) is 29.2 Å². The van der Waals surface area contributed by atoms with Gasteiger partial charge in [0.2, 0.25) is 0 Å². The van der Waals surface area contributed by atoms with Crippen molar-refractivity contribution < 1.29 is 4.39 Å². The third-order valence-corrected chi connectivity index (χ3v) is 4.17. The van der Waals surface area contributed by atoms with Crippen LogP contribution in [0.3, 0.4) is 0 Å². The number of hydrogen-bond donors (Lipinski definition) is 2. The lowest BCUT2D eigenvalue weighted by molar-refractivity contribution is 0.321. The van der Waals surface area contributed by atoms with Gasteiger partial charge in [0.05, 0.1) is 12.2 Å². The third kappa shape index (κ3) is 2.44. The highest BCUT2D eigenvalue weighted by molar-refractivity contribution is 5.31. The number of nitrogens with one attached hydrogen (secondary N) is 1. The maximum atomic E-state index is 13.9. The zero-order valence-corrected chi connectivity index (χ0v) is 11.2. The van der Waals surface area contributed by atoms with Crippen molar-refractivity contribution in [1.29, 1.82) is 0 Å². The van der Waals surface area contributed by atoms with Crippen molar-refractivity contribution in [2.45, 2.75) is 25.3 Å². The summed E-state index contributed by atoms with van der Waals surface area (Å²) < 4.78 is 13.9. The number of rotatable bonds is 3. The standard InChI is InChI=1S/C16H18FN3/c17-15-10-19-8-7-14(15)16(20-18)13-6-5-11-3-1-2-4-12(11)9-13/h1-4,7-8,10,13,16,20H,5-6,9,18H2. The Morgan fingerprint density at radius 2 is 2.05 bits per heavy atom. The first kappa shape index (κ1) is 13.2. The van der Waals surface area contributed by atoms with Crippen molar-refractivity contribution in [3.05, 3.63) is 65.2 Å². The van der Waals surface area contributed by atoms with Gasteiger partial charge in [-0.15, -0.1) is 0 Å². The highest BCUT2D eigenvalue weighted by atomic mass is 19.1. The predicted octanol–water partition coefficient (Wildman–Crippen LogP) is 2.53. The number of hydrogen-bond acceptors (Lipinski definition) is 3. The molecule has 4 heteroatoms. The van der Waals surface area contributed by atoms with Gasteiger partial charge in [0.1, 0.15) is 5.82 Å². The van der Waals surface area contributed by atoms with Gasteiger partial charge >= 0.3 is 0 Å². The van der Waals surface area contributed by atoms with Crippen LogP contribution in [-0.2, 0) is 12.8 Å². The van der Waals surface area contributed by atoms with E-state index in [9.17, 15) is 4.39 Å². The minimum absolute atomic E-state index is 0.175. The van der Waals surface area contributed by atoms with Gasteiger partial charge in [0, 0.05) is 11.8 Å². The topological polar surface area (TPSA) is 50.9 Å². The van der Waals surface area contributed by atoms with Crippen LogP contribution in [0, 0.1) is 11.7 Å². The molecule has 1 aliphatic rings. The summed E-state index contributed by atoms with van der Waals surface area (Å²) in [6.45, 7) is 0. The molecule has 2 atom stereocenters. The Balaban J connectivity index is 1.87. The van der Waals surface area contributed by atoms with Gasteiger partial charge in [-0.25, -0.2) is 4.39 Å². The minimum atomic E-state index is -0.297. The molecule has 1 aromatic heterocycles. The molecular formula is C16H18FN3. The zero-order valence-electron chi connectivity index (χ0n) is 11.2. The molecule has 104 valence electrons. The van der Waals surface area contributed by atoms with Crippen LogP contribution in [0.25, 0.3) is 0 Å². The predicted molar refractivity (Wildman–Crippen MR) is 76.2 cm³/mol. The molecule has 3 N–H and O–H groups in total. The lowest BCUT2D eigenvalue weighted by Crippen LogP contribution is -2.36. The Morgan fingerprint density at radius 1 is 1.25 bits per heavy atom. The van der Waals surface area contributed by atoms with Crippen molar-refractivity contribution in [3.63, 3.8) is 0 Å². The maximum absolute atomic E-state index is 13.9. The largest absolute Gasteiger partial charge is 0.271 e. The molecule has 1 heterocycles. The molecule has 0 fully saturated rings. The summed E-state index contributed by atoms with van der Waals surface area (Å²) in [6, 6.07) is 9.98. The fourth-order valence-electron chi connectivity index (χ4n) is 3.13. The van der Waals surface area contributed by atoms with Gasteiger partial charge in [0.15, 0.2) is 0 Å². The normalized spacial score (nSPS) is 19.4. The first-order chi connectivity index (χ1) is 9.79. The zero-order chi connectivity index (χ0) is 13.9. The molecule has 2 unspecified atom stereocenters. The van der Waals surface area contributed by atoms with Crippen LogP contribution in [0.4, 0.5) is 4.39 Å². The monoisotopic (exact) mass is 271 g/mol. The Morgan fingerprint density at radius 3 is 2.80 bits per heavy atom. The van der Waals surface area contributed by atoms with Gasteiger partial charge in [-0.1, -0.05) is 24.3 Å². The molecule has 0 saturated carbocycles. The third-order valence-electron chi connectivity index (χ3n) is 4.17. The molecule has 0 aliphatic heterocycles. The van der Waals surface area contributed by atoms with Crippen molar-refractivity contribution in [3.8, 4) is 0 Å². The first-order valence-corrected chi connectivity index (χ1v) is 6.92. The van der Waals surface area contributed by atoms with E-state index in [0.29, 0.717) is 11.5 Å². The fourth-order valence-corrected chi connectivity index (χ4v) is 3.13. The number of benzene rings is 1. The van der Waals surface area contributed by atoms with Crippen LogP contribution < -0.4 is 11.3 Å². The Kier molecular flexibility index (Phi) is 3.76. The second-order valence-corrected chi connectivity index (χ2v) is 5.31. The van der Waals surface area contributed by atoms with Crippen molar-refractivity contribution in [1.82, 2.24) is 10.4 Å². The van der Waals surface area contributed by atoms with E-state index in [1.165, 1.54) is 17.3 Å². The van der Waals surface area contributed by atoms with E-state index >= 15 is 0 Å². The molecule has 0 spiro atoms.